The number of nitrogens with one attached hydrogen (secondary N) is 1. The average Bonchev–Trinajstić information content (AvgIpc) is 2.87. The second kappa shape index (κ2) is 4.88. The van der Waals surface area contributed by atoms with E-state index in [4.69, 9.17) is 0 Å². The van der Waals surface area contributed by atoms with Gasteiger partial charge >= 0.3 is 0 Å². The Morgan fingerprint density at radius 2 is 2.06 bits per heavy atom. The number of rotatable bonds is 3. The summed E-state index contributed by atoms with van der Waals surface area (Å²) >= 11 is 1.84. The van der Waals surface area contributed by atoms with Crippen LogP contribution in [0.4, 0.5) is 0 Å². The Balaban J connectivity index is 2.12. The largest absolute Gasteiger partial charge is 0.315 e. The van der Waals surface area contributed by atoms with E-state index in [9.17, 15) is 0 Å². The van der Waals surface area contributed by atoms with E-state index in [1.165, 1.54) is 20.7 Å². The van der Waals surface area contributed by atoms with E-state index in [-0.39, 0.29) is 0 Å². The minimum Gasteiger partial charge on any atom is -0.315 e. The molecule has 0 amide bonds. The van der Waals surface area contributed by atoms with Gasteiger partial charge in [0.2, 0.25) is 0 Å². The van der Waals surface area contributed by atoms with Crippen molar-refractivity contribution in [1.82, 2.24) is 10.3 Å². The van der Waals surface area contributed by atoms with Crippen LogP contribution < -0.4 is 5.32 Å². The molecule has 3 aromatic rings. The summed E-state index contributed by atoms with van der Waals surface area (Å²) in [6.45, 7) is 0.924. The number of hydrogen-bond acceptors (Lipinski definition) is 3. The molecule has 0 saturated carbocycles. The average molecular weight is 254 g/mol. The molecule has 0 radical (unpaired) electrons. The van der Waals surface area contributed by atoms with Gasteiger partial charge in [-0.15, -0.1) is 11.3 Å². The Morgan fingerprint density at radius 1 is 1.11 bits per heavy atom. The summed E-state index contributed by atoms with van der Waals surface area (Å²) in [5, 5.41) is 4.40. The van der Waals surface area contributed by atoms with Crippen LogP contribution in [0.5, 0.6) is 0 Å². The molecule has 0 unspecified atom stereocenters. The zero-order valence-electron chi connectivity index (χ0n) is 10.2. The fraction of sp³-hybridized carbons (Fsp3) is 0.133. The summed E-state index contributed by atoms with van der Waals surface area (Å²) in [4.78, 5) is 7.06. The van der Waals surface area contributed by atoms with Crippen LogP contribution in [0.25, 0.3) is 21.3 Å². The van der Waals surface area contributed by atoms with Gasteiger partial charge in [-0.05, 0) is 31.3 Å². The second-order valence-corrected chi connectivity index (χ2v) is 5.34. The molecule has 0 saturated heterocycles. The third-order valence-corrected chi connectivity index (χ3v) is 4.04. The molecule has 2 aromatic heterocycles. The van der Waals surface area contributed by atoms with Gasteiger partial charge in [0.05, 0.1) is 5.52 Å². The Morgan fingerprint density at radius 3 is 2.94 bits per heavy atom. The van der Waals surface area contributed by atoms with Gasteiger partial charge in [0, 0.05) is 33.4 Å². The molecule has 18 heavy (non-hydrogen) atoms. The summed E-state index contributed by atoms with van der Waals surface area (Å²) in [5.41, 5.74) is 2.33. The maximum absolute atomic E-state index is 4.40. The Kier molecular flexibility index (Phi) is 3.09. The van der Waals surface area contributed by atoms with E-state index in [1.54, 1.807) is 0 Å². The van der Waals surface area contributed by atoms with E-state index in [2.05, 4.69) is 46.7 Å². The molecule has 0 aliphatic carbocycles. The molecule has 3 rings (SSSR count). The van der Waals surface area contributed by atoms with E-state index in [0.717, 1.165) is 12.1 Å². The van der Waals surface area contributed by atoms with Crippen molar-refractivity contribution in [2.45, 2.75) is 6.54 Å². The summed E-state index contributed by atoms with van der Waals surface area (Å²) in [6.07, 6.45) is 1.84. The van der Waals surface area contributed by atoms with Crippen LogP contribution in [-0.4, -0.2) is 12.0 Å². The van der Waals surface area contributed by atoms with Crippen molar-refractivity contribution in [3.63, 3.8) is 0 Å². The number of thiophene rings is 1. The monoisotopic (exact) mass is 254 g/mol. The minimum atomic E-state index is 0.924. The second-order valence-electron chi connectivity index (χ2n) is 4.17. The molecule has 3 heteroatoms. The normalized spacial score (nSPS) is 10.9. The van der Waals surface area contributed by atoms with Crippen LogP contribution in [0.2, 0.25) is 0 Å². The quantitative estimate of drug-likeness (QED) is 0.771. The maximum atomic E-state index is 4.40. The highest BCUT2D eigenvalue weighted by molar-refractivity contribution is 7.15. The molecule has 0 fully saturated rings. The molecule has 0 spiro atoms. The third kappa shape index (κ3) is 2.03. The minimum absolute atomic E-state index is 0.924. The van der Waals surface area contributed by atoms with Gasteiger partial charge in [0.25, 0.3) is 0 Å². The van der Waals surface area contributed by atoms with Crippen LogP contribution in [0.15, 0.2) is 48.7 Å². The smallest absolute Gasteiger partial charge is 0.0708 e. The van der Waals surface area contributed by atoms with Crippen molar-refractivity contribution in [1.29, 1.82) is 0 Å². The van der Waals surface area contributed by atoms with Gasteiger partial charge in [-0.2, -0.15) is 0 Å². The summed E-state index contributed by atoms with van der Waals surface area (Å²) in [6, 6.07) is 14.8. The zero-order chi connectivity index (χ0) is 12.4. The zero-order valence-corrected chi connectivity index (χ0v) is 11.0. The lowest BCUT2D eigenvalue weighted by molar-refractivity contribution is 0.831. The molecular formula is C15H14N2S. The van der Waals surface area contributed by atoms with E-state index in [1.807, 2.05) is 30.6 Å². The molecular weight excluding hydrogens is 240 g/mol. The lowest BCUT2D eigenvalue weighted by Gasteiger charge is -2.03. The summed E-state index contributed by atoms with van der Waals surface area (Å²) in [5.74, 6) is 0. The van der Waals surface area contributed by atoms with Crippen molar-refractivity contribution in [2.24, 2.45) is 0 Å². The van der Waals surface area contributed by atoms with Crippen LogP contribution in [0, 0.1) is 0 Å². The number of pyridine rings is 1. The number of fused-ring (bicyclic) bond motifs is 1. The first-order valence-electron chi connectivity index (χ1n) is 5.96. The van der Waals surface area contributed by atoms with Crippen molar-refractivity contribution in [2.75, 3.05) is 7.05 Å². The van der Waals surface area contributed by atoms with Gasteiger partial charge in [-0.3, -0.25) is 4.98 Å². The lowest BCUT2D eigenvalue weighted by atomic mass is 10.1. The summed E-state index contributed by atoms with van der Waals surface area (Å²) in [7, 11) is 1.97. The molecule has 0 aliphatic heterocycles. The number of benzene rings is 1. The first-order chi connectivity index (χ1) is 8.88. The fourth-order valence-corrected chi connectivity index (χ4v) is 3.17. The highest BCUT2D eigenvalue weighted by atomic mass is 32.1. The Hall–Kier alpha value is -1.71. The molecule has 1 N–H and O–H groups in total. The molecule has 1 aromatic carbocycles. The number of aromatic nitrogens is 1. The Bertz CT molecular complexity index is 668. The van der Waals surface area contributed by atoms with E-state index in [0.29, 0.717) is 0 Å². The fourth-order valence-electron chi connectivity index (χ4n) is 2.11. The van der Waals surface area contributed by atoms with Crippen molar-refractivity contribution >= 4 is 22.2 Å². The van der Waals surface area contributed by atoms with Gasteiger partial charge in [0.15, 0.2) is 0 Å². The topological polar surface area (TPSA) is 24.9 Å². The highest BCUT2D eigenvalue weighted by Gasteiger charge is 2.06. The van der Waals surface area contributed by atoms with Gasteiger partial charge in [-0.25, -0.2) is 0 Å². The van der Waals surface area contributed by atoms with E-state index >= 15 is 0 Å². The molecule has 0 aliphatic rings. The van der Waals surface area contributed by atoms with Gasteiger partial charge in [-0.1, -0.05) is 18.2 Å². The maximum Gasteiger partial charge on any atom is 0.0708 e. The van der Waals surface area contributed by atoms with Crippen LogP contribution in [-0.2, 0) is 6.54 Å². The summed E-state index contributed by atoms with van der Waals surface area (Å²) < 4.78 is 0. The Labute approximate surface area is 110 Å². The molecule has 0 bridgehead atoms. The molecule has 0 atom stereocenters. The number of nitrogens with zero attached hydrogens (tertiary/aromatic N) is 1. The molecule has 2 nitrogen and oxygen atoms in total. The predicted octanol–water partition coefficient (Wildman–Crippen LogP) is 3.68. The predicted molar refractivity (Wildman–Crippen MR) is 77.8 cm³/mol. The molecule has 2 heterocycles. The lowest BCUT2D eigenvalue weighted by Crippen LogP contribution is -2.02. The number of hydrogen-bond donors (Lipinski definition) is 1. The van der Waals surface area contributed by atoms with Crippen LogP contribution in [0.1, 0.15) is 4.88 Å². The van der Waals surface area contributed by atoms with Crippen molar-refractivity contribution in [3.05, 3.63) is 53.5 Å². The van der Waals surface area contributed by atoms with Crippen molar-refractivity contribution < 1.29 is 0 Å². The highest BCUT2D eigenvalue weighted by Crippen LogP contribution is 2.32. The van der Waals surface area contributed by atoms with Crippen molar-refractivity contribution in [3.8, 4) is 10.4 Å². The first kappa shape index (κ1) is 11.4. The van der Waals surface area contributed by atoms with Crippen LogP contribution >= 0.6 is 11.3 Å². The van der Waals surface area contributed by atoms with E-state index < -0.39 is 0 Å². The standard InChI is InChI=1S/C15H14N2S/c1-16-10-11-7-8-15(18-11)13-4-2-6-14-12(13)5-3-9-17-14/h2-9,16H,10H2,1H3. The van der Waals surface area contributed by atoms with Crippen LogP contribution in [0.3, 0.4) is 0 Å². The van der Waals surface area contributed by atoms with Gasteiger partial charge in [0.1, 0.15) is 0 Å². The van der Waals surface area contributed by atoms with Gasteiger partial charge < -0.3 is 5.32 Å². The SMILES string of the molecule is CNCc1ccc(-c2cccc3ncccc23)s1. The molecule has 90 valence electrons. The third-order valence-electron chi connectivity index (χ3n) is 2.92. The first-order valence-corrected chi connectivity index (χ1v) is 6.77.